The third kappa shape index (κ3) is 15.3. The molecular weight excluding hydrogens is 163 g/mol. The maximum absolute atomic E-state index is 6.92. The number of hydrogen-bond donors (Lipinski definition) is 0. The van der Waals surface area contributed by atoms with Crippen molar-refractivity contribution >= 4 is 22.6 Å². The summed E-state index contributed by atoms with van der Waals surface area (Å²) in [5.41, 5.74) is 0. The Morgan fingerprint density at radius 3 is 2.00 bits per heavy atom. The molecule has 0 rings (SSSR count). The minimum atomic E-state index is -0.280. The number of rotatable bonds is 0. The van der Waals surface area contributed by atoms with Crippen LogP contribution in [-0.4, -0.2) is 3.90 Å². The van der Waals surface area contributed by atoms with Gasteiger partial charge in [0.05, 0.1) is 0 Å². The molecule has 0 unspecified atom stereocenters. The maximum atomic E-state index is 6.92. The first-order valence-corrected chi connectivity index (χ1v) is 2.27. The van der Waals surface area contributed by atoms with Crippen molar-refractivity contribution in [3.63, 3.8) is 0 Å². The average molecular weight is 172 g/mol. The van der Waals surface area contributed by atoms with Crippen LogP contribution in [0.15, 0.2) is 0 Å². The third-order valence-corrected chi connectivity index (χ3v) is 0. The van der Waals surface area contributed by atoms with Gasteiger partial charge in [0, 0.05) is 5.27 Å². The molecule has 0 spiro atoms. The van der Waals surface area contributed by atoms with E-state index < -0.39 is 0 Å². The molecule has 0 radical (unpaired) electrons. The quantitative estimate of drug-likeness (QED) is 0.386. The fourth-order valence-corrected chi connectivity index (χ4v) is 0. The molecule has 0 fully saturated rings. The largest absolute Gasteiger partial charge is 0.0832 e. The SMILES string of the molecule is [3H]C(C)(C)I. The lowest BCUT2D eigenvalue weighted by atomic mass is 10.6. The van der Waals surface area contributed by atoms with Crippen LogP contribution in [0.3, 0.4) is 0 Å². The van der Waals surface area contributed by atoms with E-state index in [-0.39, 0.29) is 3.90 Å². The van der Waals surface area contributed by atoms with Gasteiger partial charge in [-0.1, -0.05) is 36.4 Å². The standard InChI is InChI=1S/C3H7I/c1-3(2)4/h3H,1-2H3/i3T. The lowest BCUT2D eigenvalue weighted by Crippen LogP contribution is -1.69. The van der Waals surface area contributed by atoms with Crippen LogP contribution < -0.4 is 0 Å². The van der Waals surface area contributed by atoms with Crippen LogP contribution in [0.1, 0.15) is 15.2 Å². The van der Waals surface area contributed by atoms with E-state index in [1.807, 2.05) is 36.4 Å². The summed E-state index contributed by atoms with van der Waals surface area (Å²) in [4.78, 5) is 0. The first kappa shape index (κ1) is 2.94. The number of hydrogen-bond acceptors (Lipinski definition) is 0. The second-order valence-electron chi connectivity index (χ2n) is 0.878. The van der Waals surface area contributed by atoms with Gasteiger partial charge in [-0.15, -0.1) is 0 Å². The van der Waals surface area contributed by atoms with Gasteiger partial charge in [-0.3, -0.25) is 0 Å². The summed E-state index contributed by atoms with van der Waals surface area (Å²) in [6.07, 6.45) is 0. The summed E-state index contributed by atoms with van der Waals surface area (Å²) < 4.78 is 6.64. The lowest BCUT2D eigenvalue weighted by Gasteiger charge is -1.76. The zero-order valence-corrected chi connectivity index (χ0v) is 5.04. The summed E-state index contributed by atoms with van der Waals surface area (Å²) in [6.45, 7) is 3.68. The Kier molecular flexibility index (Phi) is 1.47. The molecule has 26 valence electrons. The molecule has 0 aliphatic heterocycles. The van der Waals surface area contributed by atoms with E-state index in [4.69, 9.17) is 1.37 Å². The molecule has 0 amide bonds. The van der Waals surface area contributed by atoms with Crippen LogP contribution in [0.2, 0.25) is 0 Å². The highest BCUT2D eigenvalue weighted by atomic mass is 127. The third-order valence-electron chi connectivity index (χ3n) is 0. The highest BCUT2D eigenvalue weighted by Gasteiger charge is 1.70. The molecule has 0 aromatic heterocycles. The molecule has 0 aromatic carbocycles. The molecule has 0 nitrogen and oxygen atoms in total. The van der Waals surface area contributed by atoms with E-state index in [2.05, 4.69) is 0 Å². The van der Waals surface area contributed by atoms with E-state index >= 15 is 0 Å². The van der Waals surface area contributed by atoms with Crippen molar-refractivity contribution in [2.75, 3.05) is 0 Å². The van der Waals surface area contributed by atoms with Crippen molar-refractivity contribution in [1.82, 2.24) is 0 Å². The van der Waals surface area contributed by atoms with Crippen molar-refractivity contribution in [3.05, 3.63) is 0 Å². The second kappa shape index (κ2) is 2.00. The zero-order chi connectivity index (χ0) is 4.50. The van der Waals surface area contributed by atoms with Crippen LogP contribution in [0.4, 0.5) is 0 Å². The Morgan fingerprint density at radius 1 is 2.00 bits per heavy atom. The van der Waals surface area contributed by atoms with Crippen molar-refractivity contribution in [2.45, 2.75) is 17.7 Å². The van der Waals surface area contributed by atoms with Gasteiger partial charge in [-0.2, -0.15) is 0 Å². The minimum absolute atomic E-state index is 0.280. The Balaban J connectivity index is 3.02. The number of halogens is 1. The molecule has 0 aliphatic carbocycles. The molecule has 0 saturated carbocycles. The Labute approximate surface area is 42.1 Å². The van der Waals surface area contributed by atoms with Gasteiger partial charge in [0.2, 0.25) is 0 Å². The van der Waals surface area contributed by atoms with Crippen LogP contribution in [0.25, 0.3) is 0 Å². The fraction of sp³-hybridized carbons (Fsp3) is 1.00. The molecule has 0 aliphatic rings. The van der Waals surface area contributed by atoms with Crippen LogP contribution in [0.5, 0.6) is 0 Å². The van der Waals surface area contributed by atoms with E-state index in [0.717, 1.165) is 0 Å². The van der Waals surface area contributed by atoms with E-state index in [0.29, 0.717) is 0 Å². The fourth-order valence-electron chi connectivity index (χ4n) is 0. The molecule has 4 heavy (non-hydrogen) atoms. The van der Waals surface area contributed by atoms with Crippen LogP contribution >= 0.6 is 22.6 Å². The van der Waals surface area contributed by atoms with E-state index in [1.165, 1.54) is 0 Å². The van der Waals surface area contributed by atoms with Gasteiger partial charge in [0.1, 0.15) is 0 Å². The summed E-state index contributed by atoms with van der Waals surface area (Å²) in [6, 6.07) is 0. The summed E-state index contributed by atoms with van der Waals surface area (Å²) in [7, 11) is 0. The predicted octanol–water partition coefficient (Wildman–Crippen LogP) is 1.83. The van der Waals surface area contributed by atoms with Crippen molar-refractivity contribution in [2.24, 2.45) is 0 Å². The predicted molar refractivity (Wildman–Crippen MR) is 29.2 cm³/mol. The van der Waals surface area contributed by atoms with Crippen molar-refractivity contribution in [1.29, 1.82) is 0 Å². The molecule has 0 heterocycles. The lowest BCUT2D eigenvalue weighted by molar-refractivity contribution is 1.16. The average Bonchev–Trinajstić information content (AvgIpc) is 0.722. The van der Waals surface area contributed by atoms with Crippen molar-refractivity contribution in [3.8, 4) is 0 Å². The van der Waals surface area contributed by atoms with E-state index in [1.54, 1.807) is 0 Å². The molecule has 1 heteroatoms. The summed E-state index contributed by atoms with van der Waals surface area (Å²) in [5, 5.41) is 0. The topological polar surface area (TPSA) is 0 Å². The second-order valence-corrected chi connectivity index (χ2v) is 3.04. The Bertz CT molecular complexity index is 22.4. The van der Waals surface area contributed by atoms with Gasteiger partial charge in [0.25, 0.3) is 0 Å². The molecule has 0 N–H and O–H groups in total. The molecular formula is C3H7I. The maximum Gasteiger partial charge on any atom is 0.0408 e. The highest BCUT2D eigenvalue weighted by molar-refractivity contribution is 14.1. The van der Waals surface area contributed by atoms with Crippen molar-refractivity contribution < 1.29 is 1.37 Å². The molecule has 0 atom stereocenters. The first-order valence-electron chi connectivity index (χ1n) is 1.69. The van der Waals surface area contributed by atoms with Gasteiger partial charge < -0.3 is 0 Å². The van der Waals surface area contributed by atoms with E-state index in [9.17, 15) is 0 Å². The monoisotopic (exact) mass is 172 g/mol. The normalized spacial score (nSPS) is 15.2. The minimum Gasteiger partial charge on any atom is -0.0832 e. The zero-order valence-electron chi connectivity index (χ0n) is 3.88. The molecule has 0 aromatic rings. The number of alkyl halides is 1. The van der Waals surface area contributed by atoms with Gasteiger partial charge in [0.15, 0.2) is 0 Å². The van der Waals surface area contributed by atoms with Gasteiger partial charge in [-0.05, 0) is 0 Å². The summed E-state index contributed by atoms with van der Waals surface area (Å²) in [5.74, 6) is 0. The Morgan fingerprint density at radius 2 is 2.00 bits per heavy atom. The molecule has 0 bridgehead atoms. The van der Waals surface area contributed by atoms with Gasteiger partial charge >= 0.3 is 0 Å². The highest BCUT2D eigenvalue weighted by Crippen LogP contribution is 1.91. The molecule has 0 saturated heterocycles. The smallest absolute Gasteiger partial charge is 0.0408 e. The Hall–Kier alpha value is 0.730. The first-order chi connectivity index (χ1) is 2.00. The van der Waals surface area contributed by atoms with Crippen LogP contribution in [0, 0.1) is 0 Å². The van der Waals surface area contributed by atoms with Gasteiger partial charge in [-0.25, -0.2) is 0 Å². The van der Waals surface area contributed by atoms with Crippen LogP contribution in [-0.2, 0) is 0 Å². The summed E-state index contributed by atoms with van der Waals surface area (Å²) >= 11 is 2.04.